The number of amides is 1. The van der Waals surface area contributed by atoms with E-state index in [1.54, 1.807) is 17.4 Å². The first-order valence-electron chi connectivity index (χ1n) is 7.52. The van der Waals surface area contributed by atoms with E-state index in [1.165, 1.54) is 10.4 Å². The van der Waals surface area contributed by atoms with E-state index < -0.39 is 0 Å². The van der Waals surface area contributed by atoms with Crippen LogP contribution in [0.5, 0.6) is 5.75 Å². The van der Waals surface area contributed by atoms with Gasteiger partial charge in [-0.1, -0.05) is 18.2 Å². The standard InChI is InChI=1S/C18H19NO2S/c1-2-21-16-6-4-3-5-14(16)7-8-18(20)19-11-9-17-15(13-19)10-12-22-17/h3-8,10,12H,2,9,11,13H2,1H3/b8-7+. The van der Waals surface area contributed by atoms with Crippen LogP contribution in [0.25, 0.3) is 6.08 Å². The van der Waals surface area contributed by atoms with Gasteiger partial charge in [0.1, 0.15) is 5.75 Å². The molecular weight excluding hydrogens is 294 g/mol. The molecule has 0 spiro atoms. The molecule has 0 unspecified atom stereocenters. The first kappa shape index (κ1) is 14.9. The minimum Gasteiger partial charge on any atom is -0.493 e. The summed E-state index contributed by atoms with van der Waals surface area (Å²) < 4.78 is 5.58. The van der Waals surface area contributed by atoms with Gasteiger partial charge in [-0.3, -0.25) is 4.79 Å². The quantitative estimate of drug-likeness (QED) is 0.805. The number of carbonyl (C=O) groups excluding carboxylic acids is 1. The molecule has 114 valence electrons. The Bertz CT molecular complexity index is 690. The van der Waals surface area contributed by atoms with Crippen LogP contribution in [0, 0.1) is 0 Å². The zero-order valence-electron chi connectivity index (χ0n) is 12.6. The summed E-state index contributed by atoms with van der Waals surface area (Å²) in [5.41, 5.74) is 2.22. The average Bonchev–Trinajstić information content (AvgIpc) is 3.01. The number of hydrogen-bond acceptors (Lipinski definition) is 3. The van der Waals surface area contributed by atoms with Crippen molar-refractivity contribution in [3.05, 3.63) is 57.8 Å². The number of benzene rings is 1. The molecule has 0 N–H and O–H groups in total. The zero-order chi connectivity index (χ0) is 15.4. The Labute approximate surface area is 134 Å². The Morgan fingerprint density at radius 1 is 1.36 bits per heavy atom. The fraction of sp³-hybridized carbons (Fsp3) is 0.278. The minimum atomic E-state index is 0.0585. The first-order chi connectivity index (χ1) is 10.8. The van der Waals surface area contributed by atoms with Crippen molar-refractivity contribution in [1.82, 2.24) is 4.90 Å². The van der Waals surface area contributed by atoms with E-state index in [-0.39, 0.29) is 5.91 Å². The summed E-state index contributed by atoms with van der Waals surface area (Å²) in [6.07, 6.45) is 4.45. The topological polar surface area (TPSA) is 29.5 Å². The second-order valence-corrected chi connectivity index (χ2v) is 6.18. The summed E-state index contributed by atoms with van der Waals surface area (Å²) in [6, 6.07) is 9.89. The summed E-state index contributed by atoms with van der Waals surface area (Å²) >= 11 is 1.78. The van der Waals surface area contributed by atoms with Crippen molar-refractivity contribution in [2.45, 2.75) is 19.9 Å². The number of para-hydroxylation sites is 1. The van der Waals surface area contributed by atoms with Crippen LogP contribution >= 0.6 is 11.3 Å². The van der Waals surface area contributed by atoms with Crippen molar-refractivity contribution in [2.24, 2.45) is 0 Å². The minimum absolute atomic E-state index is 0.0585. The monoisotopic (exact) mass is 313 g/mol. The molecule has 1 amide bonds. The Morgan fingerprint density at radius 3 is 3.09 bits per heavy atom. The third kappa shape index (κ3) is 3.22. The SMILES string of the molecule is CCOc1ccccc1/C=C/C(=O)N1CCc2sccc2C1. The molecule has 22 heavy (non-hydrogen) atoms. The van der Waals surface area contributed by atoms with Crippen molar-refractivity contribution < 1.29 is 9.53 Å². The van der Waals surface area contributed by atoms with Gasteiger partial charge in [-0.05, 0) is 42.5 Å². The van der Waals surface area contributed by atoms with Crippen molar-refractivity contribution >= 4 is 23.3 Å². The van der Waals surface area contributed by atoms with Crippen LogP contribution in [-0.4, -0.2) is 24.0 Å². The summed E-state index contributed by atoms with van der Waals surface area (Å²) in [4.78, 5) is 15.7. The van der Waals surface area contributed by atoms with Crippen molar-refractivity contribution in [2.75, 3.05) is 13.2 Å². The lowest BCUT2D eigenvalue weighted by atomic mass is 10.1. The molecule has 1 aromatic heterocycles. The molecular formula is C18H19NO2S. The van der Waals surface area contributed by atoms with E-state index in [0.717, 1.165) is 30.8 Å². The number of rotatable bonds is 4. The number of ether oxygens (including phenoxy) is 1. The van der Waals surface area contributed by atoms with Gasteiger partial charge in [0.05, 0.1) is 6.61 Å². The molecule has 0 atom stereocenters. The second kappa shape index (κ2) is 6.79. The van der Waals surface area contributed by atoms with Crippen LogP contribution in [-0.2, 0) is 17.8 Å². The highest BCUT2D eigenvalue weighted by molar-refractivity contribution is 7.10. The van der Waals surface area contributed by atoms with Crippen LogP contribution in [0.2, 0.25) is 0 Å². The van der Waals surface area contributed by atoms with Gasteiger partial charge >= 0.3 is 0 Å². The van der Waals surface area contributed by atoms with Gasteiger partial charge in [0, 0.05) is 29.6 Å². The molecule has 2 heterocycles. The lowest BCUT2D eigenvalue weighted by Gasteiger charge is -2.25. The molecule has 1 aliphatic rings. The van der Waals surface area contributed by atoms with Crippen LogP contribution in [0.4, 0.5) is 0 Å². The van der Waals surface area contributed by atoms with Gasteiger partial charge in [0.2, 0.25) is 5.91 Å². The molecule has 0 saturated carbocycles. The van der Waals surface area contributed by atoms with Gasteiger partial charge in [0.15, 0.2) is 0 Å². The van der Waals surface area contributed by atoms with E-state index in [4.69, 9.17) is 4.74 Å². The number of fused-ring (bicyclic) bond motifs is 1. The van der Waals surface area contributed by atoms with E-state index in [2.05, 4.69) is 11.4 Å². The second-order valence-electron chi connectivity index (χ2n) is 5.18. The van der Waals surface area contributed by atoms with Crippen molar-refractivity contribution in [3.63, 3.8) is 0 Å². The molecule has 0 fully saturated rings. The predicted octanol–water partition coefficient (Wildman–Crippen LogP) is 3.74. The predicted molar refractivity (Wildman–Crippen MR) is 90.1 cm³/mol. The molecule has 1 aromatic carbocycles. The lowest BCUT2D eigenvalue weighted by Crippen LogP contribution is -2.34. The van der Waals surface area contributed by atoms with Crippen molar-refractivity contribution in [1.29, 1.82) is 0 Å². The average molecular weight is 313 g/mol. The van der Waals surface area contributed by atoms with Crippen LogP contribution in [0.15, 0.2) is 41.8 Å². The van der Waals surface area contributed by atoms with Gasteiger partial charge in [-0.2, -0.15) is 0 Å². The highest BCUT2D eigenvalue weighted by Gasteiger charge is 2.19. The van der Waals surface area contributed by atoms with Crippen LogP contribution in [0.3, 0.4) is 0 Å². The fourth-order valence-electron chi connectivity index (χ4n) is 2.61. The molecule has 2 aromatic rings. The Balaban J connectivity index is 1.70. The molecule has 4 heteroatoms. The Hall–Kier alpha value is -2.07. The lowest BCUT2D eigenvalue weighted by molar-refractivity contribution is -0.126. The maximum absolute atomic E-state index is 12.4. The maximum Gasteiger partial charge on any atom is 0.246 e. The van der Waals surface area contributed by atoms with E-state index in [0.29, 0.717) is 6.61 Å². The molecule has 0 saturated heterocycles. The number of nitrogens with zero attached hydrogens (tertiary/aromatic N) is 1. The Kier molecular flexibility index (Phi) is 4.59. The summed E-state index contributed by atoms with van der Waals surface area (Å²) in [7, 11) is 0. The van der Waals surface area contributed by atoms with Gasteiger partial charge in [0.25, 0.3) is 0 Å². The molecule has 1 aliphatic heterocycles. The highest BCUT2D eigenvalue weighted by Crippen LogP contribution is 2.24. The van der Waals surface area contributed by atoms with Gasteiger partial charge in [-0.15, -0.1) is 11.3 Å². The van der Waals surface area contributed by atoms with E-state index in [9.17, 15) is 4.79 Å². The largest absolute Gasteiger partial charge is 0.493 e. The highest BCUT2D eigenvalue weighted by atomic mass is 32.1. The van der Waals surface area contributed by atoms with Crippen LogP contribution in [0.1, 0.15) is 22.9 Å². The first-order valence-corrected chi connectivity index (χ1v) is 8.40. The van der Waals surface area contributed by atoms with Crippen molar-refractivity contribution in [3.8, 4) is 5.75 Å². The van der Waals surface area contributed by atoms with E-state index >= 15 is 0 Å². The van der Waals surface area contributed by atoms with Crippen LogP contribution < -0.4 is 4.74 Å². The zero-order valence-corrected chi connectivity index (χ0v) is 13.4. The summed E-state index contributed by atoms with van der Waals surface area (Å²) in [5.74, 6) is 0.871. The maximum atomic E-state index is 12.4. The molecule has 0 aliphatic carbocycles. The number of hydrogen-bond donors (Lipinski definition) is 0. The normalized spacial score (nSPS) is 14.1. The van der Waals surface area contributed by atoms with Gasteiger partial charge in [-0.25, -0.2) is 0 Å². The number of carbonyl (C=O) groups is 1. The molecule has 0 radical (unpaired) electrons. The fourth-order valence-corrected chi connectivity index (χ4v) is 3.50. The number of thiophene rings is 1. The molecule has 0 bridgehead atoms. The third-order valence-electron chi connectivity index (χ3n) is 3.74. The van der Waals surface area contributed by atoms with Gasteiger partial charge < -0.3 is 9.64 Å². The summed E-state index contributed by atoms with van der Waals surface area (Å²) in [5, 5.41) is 2.10. The Morgan fingerprint density at radius 2 is 2.23 bits per heavy atom. The third-order valence-corrected chi connectivity index (χ3v) is 4.77. The molecule has 3 nitrogen and oxygen atoms in total. The smallest absolute Gasteiger partial charge is 0.246 e. The van der Waals surface area contributed by atoms with E-state index in [1.807, 2.05) is 42.2 Å². The molecule has 3 rings (SSSR count). The summed E-state index contributed by atoms with van der Waals surface area (Å²) in [6.45, 7) is 4.09.